The standard InChI is InChI=1S/C22H18ClN3O3S/c1-30(27,28)16-9-6-14(7-10-16)13-26-19-5-3-2-4-17(19)21(25-26)22-24-18-11-8-15(23)12-20(18)29-22/h2-9,11-12,16H,10,13H2,1H3. The van der Waals surface area contributed by atoms with Gasteiger partial charge in [-0.05, 0) is 30.2 Å². The van der Waals surface area contributed by atoms with Crippen molar-refractivity contribution in [2.75, 3.05) is 6.26 Å². The van der Waals surface area contributed by atoms with Crippen molar-refractivity contribution >= 4 is 43.4 Å². The van der Waals surface area contributed by atoms with Crippen molar-refractivity contribution in [1.82, 2.24) is 14.8 Å². The van der Waals surface area contributed by atoms with E-state index < -0.39 is 15.1 Å². The average Bonchev–Trinajstić information content (AvgIpc) is 3.29. The van der Waals surface area contributed by atoms with Gasteiger partial charge in [-0.3, -0.25) is 4.68 Å². The minimum absolute atomic E-state index is 0.438. The van der Waals surface area contributed by atoms with E-state index in [0.717, 1.165) is 22.0 Å². The fourth-order valence-corrected chi connectivity index (χ4v) is 4.63. The van der Waals surface area contributed by atoms with Gasteiger partial charge < -0.3 is 4.42 Å². The maximum atomic E-state index is 11.8. The van der Waals surface area contributed by atoms with Crippen LogP contribution in [0, 0.1) is 0 Å². The summed E-state index contributed by atoms with van der Waals surface area (Å²) in [5.74, 6) is 0.438. The monoisotopic (exact) mass is 439 g/mol. The van der Waals surface area contributed by atoms with Gasteiger partial charge in [-0.1, -0.05) is 48.0 Å². The Bertz CT molecular complexity index is 1450. The number of aromatic nitrogens is 3. The van der Waals surface area contributed by atoms with Crippen molar-refractivity contribution in [1.29, 1.82) is 0 Å². The highest BCUT2D eigenvalue weighted by Gasteiger charge is 2.21. The highest BCUT2D eigenvalue weighted by Crippen LogP contribution is 2.31. The maximum absolute atomic E-state index is 11.8. The van der Waals surface area contributed by atoms with Gasteiger partial charge in [0.1, 0.15) is 5.52 Å². The smallest absolute Gasteiger partial charge is 0.248 e. The van der Waals surface area contributed by atoms with E-state index in [1.165, 1.54) is 6.26 Å². The van der Waals surface area contributed by atoms with E-state index in [1.807, 2.05) is 47.2 Å². The van der Waals surface area contributed by atoms with Crippen LogP contribution in [0.15, 0.2) is 70.7 Å². The Morgan fingerprint density at radius 1 is 1.23 bits per heavy atom. The summed E-state index contributed by atoms with van der Waals surface area (Å²) in [7, 11) is -3.09. The number of hydrogen-bond acceptors (Lipinski definition) is 5. The molecular weight excluding hydrogens is 422 g/mol. The number of sulfone groups is 1. The molecular formula is C22H18ClN3O3S. The number of benzene rings is 2. The Morgan fingerprint density at radius 3 is 2.83 bits per heavy atom. The molecule has 1 atom stereocenters. The minimum atomic E-state index is -3.09. The van der Waals surface area contributed by atoms with Gasteiger partial charge in [-0.15, -0.1) is 0 Å². The van der Waals surface area contributed by atoms with Crippen molar-refractivity contribution < 1.29 is 12.8 Å². The molecule has 152 valence electrons. The van der Waals surface area contributed by atoms with E-state index in [1.54, 1.807) is 18.2 Å². The molecule has 0 saturated carbocycles. The average molecular weight is 440 g/mol. The Balaban J connectivity index is 1.53. The van der Waals surface area contributed by atoms with Crippen LogP contribution in [0.2, 0.25) is 5.02 Å². The van der Waals surface area contributed by atoms with Crippen LogP contribution in [0.4, 0.5) is 0 Å². The lowest BCUT2D eigenvalue weighted by Crippen LogP contribution is -2.19. The second-order valence-electron chi connectivity index (χ2n) is 7.40. The van der Waals surface area contributed by atoms with Crippen LogP contribution in [0.1, 0.15) is 6.42 Å². The van der Waals surface area contributed by atoms with Gasteiger partial charge in [0.05, 0.1) is 17.3 Å². The zero-order valence-corrected chi connectivity index (χ0v) is 17.7. The summed E-state index contributed by atoms with van der Waals surface area (Å²) in [6.07, 6.45) is 7.32. The normalized spacial score (nSPS) is 17.0. The van der Waals surface area contributed by atoms with Crippen LogP contribution in [0.25, 0.3) is 33.6 Å². The van der Waals surface area contributed by atoms with Gasteiger partial charge in [-0.25, -0.2) is 13.4 Å². The van der Waals surface area contributed by atoms with E-state index >= 15 is 0 Å². The largest absolute Gasteiger partial charge is 0.435 e. The fourth-order valence-electron chi connectivity index (χ4n) is 3.66. The lowest BCUT2D eigenvalue weighted by molar-refractivity contribution is 0.593. The Morgan fingerprint density at radius 2 is 2.07 bits per heavy atom. The Kier molecular flexibility index (Phi) is 4.52. The topological polar surface area (TPSA) is 78.0 Å². The zero-order chi connectivity index (χ0) is 20.9. The predicted molar refractivity (Wildman–Crippen MR) is 118 cm³/mol. The third-order valence-corrected chi connectivity index (χ3v) is 6.92. The lowest BCUT2D eigenvalue weighted by atomic mass is 10.1. The second kappa shape index (κ2) is 7.11. The van der Waals surface area contributed by atoms with E-state index in [2.05, 4.69) is 4.98 Å². The summed E-state index contributed by atoms with van der Waals surface area (Å²) in [5.41, 5.74) is 3.96. The number of fused-ring (bicyclic) bond motifs is 2. The molecule has 1 aliphatic rings. The molecule has 1 unspecified atom stereocenters. The van der Waals surface area contributed by atoms with Crippen LogP contribution >= 0.6 is 11.6 Å². The van der Waals surface area contributed by atoms with Crippen LogP contribution in [0.5, 0.6) is 0 Å². The molecule has 0 N–H and O–H groups in total. The van der Waals surface area contributed by atoms with Crippen LogP contribution in [-0.2, 0) is 16.4 Å². The van der Waals surface area contributed by atoms with Gasteiger partial charge in [0, 0.05) is 22.7 Å². The van der Waals surface area contributed by atoms with E-state index in [0.29, 0.717) is 35.2 Å². The predicted octanol–water partition coefficient (Wildman–Crippen LogP) is 4.80. The molecule has 0 radical (unpaired) electrons. The lowest BCUT2D eigenvalue weighted by Gasteiger charge is -2.14. The molecule has 1 aliphatic carbocycles. The molecule has 0 amide bonds. The molecule has 5 rings (SSSR count). The first-order valence-electron chi connectivity index (χ1n) is 9.46. The van der Waals surface area contributed by atoms with Crippen LogP contribution in [0.3, 0.4) is 0 Å². The Hall–Kier alpha value is -2.90. The second-order valence-corrected chi connectivity index (χ2v) is 10.1. The first-order valence-corrected chi connectivity index (χ1v) is 11.8. The fraction of sp³-hybridized carbons (Fsp3) is 0.182. The Labute approximate surface area is 178 Å². The number of oxazole rings is 1. The molecule has 8 heteroatoms. The summed E-state index contributed by atoms with van der Waals surface area (Å²) >= 11 is 6.06. The van der Waals surface area contributed by atoms with Crippen molar-refractivity contribution in [3.05, 3.63) is 71.3 Å². The number of allylic oxidation sites excluding steroid dienone is 3. The molecule has 0 spiro atoms. The third kappa shape index (κ3) is 3.44. The van der Waals surface area contributed by atoms with Gasteiger partial charge in [0.15, 0.2) is 21.1 Å². The summed E-state index contributed by atoms with van der Waals surface area (Å²) < 4.78 is 31.3. The van der Waals surface area contributed by atoms with E-state index in [-0.39, 0.29) is 0 Å². The molecule has 0 saturated heterocycles. The molecule has 2 heterocycles. The van der Waals surface area contributed by atoms with Crippen molar-refractivity contribution in [3.8, 4) is 11.6 Å². The quantitative estimate of drug-likeness (QED) is 0.456. The van der Waals surface area contributed by atoms with E-state index in [4.69, 9.17) is 21.1 Å². The number of nitrogens with zero attached hydrogens (tertiary/aromatic N) is 3. The summed E-state index contributed by atoms with van der Waals surface area (Å²) in [5, 5.41) is 5.83. The molecule has 2 aromatic carbocycles. The maximum Gasteiger partial charge on any atom is 0.248 e. The van der Waals surface area contributed by atoms with Gasteiger partial charge >= 0.3 is 0 Å². The van der Waals surface area contributed by atoms with Crippen LogP contribution in [-0.4, -0.2) is 34.7 Å². The molecule has 30 heavy (non-hydrogen) atoms. The molecule has 0 bridgehead atoms. The SMILES string of the molecule is CS(=O)(=O)C1C=CC(Cn2nc(-c3nc4ccc(Cl)cc4o3)c3ccccc32)=CC1. The van der Waals surface area contributed by atoms with Crippen molar-refractivity contribution in [2.45, 2.75) is 18.2 Å². The highest BCUT2D eigenvalue weighted by atomic mass is 35.5. The summed E-state index contributed by atoms with van der Waals surface area (Å²) in [4.78, 5) is 4.57. The number of halogens is 1. The number of rotatable bonds is 4. The summed E-state index contributed by atoms with van der Waals surface area (Å²) in [6, 6.07) is 13.2. The summed E-state index contributed by atoms with van der Waals surface area (Å²) in [6.45, 7) is 0.527. The number of hydrogen-bond donors (Lipinski definition) is 0. The van der Waals surface area contributed by atoms with Crippen LogP contribution < -0.4 is 0 Å². The zero-order valence-electron chi connectivity index (χ0n) is 16.1. The minimum Gasteiger partial charge on any atom is -0.435 e. The molecule has 6 nitrogen and oxygen atoms in total. The number of para-hydroxylation sites is 1. The first-order chi connectivity index (χ1) is 14.4. The van der Waals surface area contributed by atoms with E-state index in [9.17, 15) is 8.42 Å². The highest BCUT2D eigenvalue weighted by molar-refractivity contribution is 7.91. The van der Waals surface area contributed by atoms with Gasteiger partial charge in [0.2, 0.25) is 5.89 Å². The van der Waals surface area contributed by atoms with Gasteiger partial charge in [0.25, 0.3) is 0 Å². The third-order valence-electron chi connectivity index (χ3n) is 5.23. The van der Waals surface area contributed by atoms with Gasteiger partial charge in [-0.2, -0.15) is 5.10 Å². The van der Waals surface area contributed by atoms with Crippen molar-refractivity contribution in [2.24, 2.45) is 0 Å². The molecule has 2 aromatic heterocycles. The molecule has 0 aliphatic heterocycles. The molecule has 0 fully saturated rings. The van der Waals surface area contributed by atoms with Crippen molar-refractivity contribution in [3.63, 3.8) is 0 Å². The first kappa shape index (κ1) is 19.1. The molecule has 4 aromatic rings.